The Labute approximate surface area is 314 Å². The first kappa shape index (κ1) is 33.3. The van der Waals surface area contributed by atoms with Crippen molar-refractivity contribution in [2.75, 3.05) is 17.2 Å². The summed E-state index contributed by atoms with van der Waals surface area (Å²) >= 11 is 0. The molecule has 0 aromatic heterocycles. The molecule has 6 N–H and O–H groups in total. The molecule has 0 atom stereocenters. The molecule has 53 heavy (non-hydrogen) atoms. The van der Waals surface area contributed by atoms with Gasteiger partial charge in [0.05, 0.1) is 0 Å². The van der Waals surface area contributed by atoms with Crippen molar-refractivity contribution in [3.05, 3.63) is 88.5 Å². The van der Waals surface area contributed by atoms with Crippen LogP contribution in [-0.2, 0) is 10.8 Å². The van der Waals surface area contributed by atoms with Crippen LogP contribution in [0.15, 0.2) is 60.7 Å². The summed E-state index contributed by atoms with van der Waals surface area (Å²) in [6.07, 6.45) is 15.2. The number of hydrogen-bond acceptors (Lipinski definition) is 6. The lowest BCUT2D eigenvalue weighted by Gasteiger charge is -2.59. The zero-order chi connectivity index (χ0) is 36.2. The average molecular weight is 710 g/mol. The highest BCUT2D eigenvalue weighted by molar-refractivity contribution is 5.67. The lowest BCUT2D eigenvalue weighted by atomic mass is 9.46. The number of aryl methyl sites for hydroxylation is 3. The maximum absolute atomic E-state index is 7.51. The van der Waals surface area contributed by atoms with Crippen LogP contribution in [0.1, 0.15) is 105 Å². The third kappa shape index (κ3) is 5.65. The third-order valence-corrected chi connectivity index (χ3v) is 14.8. The molecule has 276 valence electrons. The van der Waals surface area contributed by atoms with E-state index in [9.17, 15) is 0 Å². The van der Waals surface area contributed by atoms with E-state index in [4.69, 9.17) is 31.4 Å². The molecule has 0 saturated heterocycles. The molecule has 8 aliphatic carbocycles. The number of anilines is 3. The van der Waals surface area contributed by atoms with Gasteiger partial charge in [0.15, 0.2) is 0 Å². The van der Waals surface area contributed by atoms with Gasteiger partial charge in [-0.05, 0) is 168 Å². The van der Waals surface area contributed by atoms with E-state index >= 15 is 0 Å². The number of nitrogen functional groups attached to an aromatic ring is 3. The second-order valence-electron chi connectivity index (χ2n) is 18.7. The number of hydrogen-bond donors (Lipinski definition) is 3. The van der Waals surface area contributed by atoms with Gasteiger partial charge >= 0.3 is 0 Å². The quantitative estimate of drug-likeness (QED) is 0.157. The summed E-state index contributed by atoms with van der Waals surface area (Å²) in [5.74, 6) is 9.28. The van der Waals surface area contributed by atoms with Crippen LogP contribution in [0.25, 0.3) is 0 Å². The maximum atomic E-state index is 7.51. The molecule has 0 heterocycles. The molecule has 8 saturated carbocycles. The van der Waals surface area contributed by atoms with E-state index in [1.165, 1.54) is 88.2 Å². The van der Waals surface area contributed by atoms with Gasteiger partial charge in [0.2, 0.25) is 0 Å². The Bertz CT molecular complexity index is 1930. The predicted molar refractivity (Wildman–Crippen MR) is 213 cm³/mol. The van der Waals surface area contributed by atoms with Gasteiger partial charge in [-0.15, -0.1) is 0 Å². The Hall–Kier alpha value is -4.32. The normalized spacial score (nSPS) is 31.9. The highest BCUT2D eigenvalue weighted by atomic mass is 16.5. The van der Waals surface area contributed by atoms with E-state index in [1.807, 2.05) is 44.2 Å². The van der Waals surface area contributed by atoms with Crippen LogP contribution < -0.4 is 31.4 Å². The minimum absolute atomic E-state index is 0.0459. The molecule has 0 radical (unpaired) electrons. The van der Waals surface area contributed by atoms with Crippen molar-refractivity contribution in [3.8, 4) is 34.5 Å². The summed E-state index contributed by atoms with van der Waals surface area (Å²) in [6.45, 7) is 6.14. The Morgan fingerprint density at radius 1 is 0.434 bits per heavy atom. The molecule has 4 aromatic rings. The van der Waals surface area contributed by atoms with Gasteiger partial charge < -0.3 is 31.4 Å². The lowest BCUT2D eigenvalue weighted by Crippen LogP contribution is -2.50. The Morgan fingerprint density at radius 2 is 0.736 bits per heavy atom. The van der Waals surface area contributed by atoms with Crippen LogP contribution in [0.4, 0.5) is 17.1 Å². The molecule has 0 spiro atoms. The summed E-state index contributed by atoms with van der Waals surface area (Å²) in [5, 5.41) is 0. The highest BCUT2D eigenvalue weighted by Gasteiger charge is 2.58. The molecule has 0 aliphatic heterocycles. The van der Waals surface area contributed by atoms with E-state index in [2.05, 4.69) is 37.3 Å². The number of benzene rings is 4. The van der Waals surface area contributed by atoms with Crippen molar-refractivity contribution in [1.29, 1.82) is 0 Å². The van der Waals surface area contributed by atoms with Crippen molar-refractivity contribution < 1.29 is 14.2 Å². The van der Waals surface area contributed by atoms with Crippen LogP contribution in [0.2, 0.25) is 0 Å². The summed E-state index contributed by atoms with van der Waals surface area (Å²) < 4.78 is 21.8. The molecule has 0 amide bonds. The smallest absolute Gasteiger partial charge is 0.142 e. The molecule has 6 heteroatoms. The summed E-state index contributed by atoms with van der Waals surface area (Å²) in [6, 6.07) is 20.6. The van der Waals surface area contributed by atoms with Crippen LogP contribution in [0, 0.1) is 56.3 Å². The fourth-order valence-electron chi connectivity index (χ4n) is 13.1. The molecule has 0 unspecified atom stereocenters. The fourth-order valence-corrected chi connectivity index (χ4v) is 13.1. The first-order valence-electron chi connectivity index (χ1n) is 20.4. The van der Waals surface area contributed by atoms with Crippen molar-refractivity contribution in [3.63, 3.8) is 0 Å². The van der Waals surface area contributed by atoms with E-state index < -0.39 is 0 Å². The molecule has 6 nitrogen and oxygen atoms in total. The van der Waals surface area contributed by atoms with E-state index in [1.54, 1.807) is 0 Å². The largest absolute Gasteiger partial charge is 0.457 e. The van der Waals surface area contributed by atoms with E-state index in [0.29, 0.717) is 0 Å². The monoisotopic (exact) mass is 709 g/mol. The average Bonchev–Trinajstić information content (AvgIpc) is 3.08. The SMILES string of the molecule is Cc1ccc(Oc2cc(Oc3ccc(C)c(N)c3)c(C34CC5CC(CC(C5)C3)C4)c(Oc3ccc(C)c(N)c3)c2C23CC4CC(CC(C4)C2)C3)cc1N. The summed E-state index contributed by atoms with van der Waals surface area (Å²) in [7, 11) is 0. The highest BCUT2D eigenvalue weighted by Crippen LogP contribution is 2.69. The topological polar surface area (TPSA) is 106 Å². The number of rotatable bonds is 8. The zero-order valence-corrected chi connectivity index (χ0v) is 31.7. The van der Waals surface area contributed by atoms with Gasteiger partial charge in [0, 0.05) is 63.3 Å². The molecular weight excluding hydrogens is 655 g/mol. The lowest BCUT2D eigenvalue weighted by molar-refractivity contribution is -0.0110. The van der Waals surface area contributed by atoms with Gasteiger partial charge in [-0.3, -0.25) is 0 Å². The van der Waals surface area contributed by atoms with Crippen molar-refractivity contribution >= 4 is 17.1 Å². The zero-order valence-electron chi connectivity index (χ0n) is 31.7. The van der Waals surface area contributed by atoms with Crippen molar-refractivity contribution in [2.24, 2.45) is 35.5 Å². The molecule has 12 rings (SSSR count). The number of ether oxygens (including phenoxy) is 3. The Kier molecular flexibility index (Phi) is 7.59. The molecule has 8 fully saturated rings. The van der Waals surface area contributed by atoms with Gasteiger partial charge in [-0.2, -0.15) is 0 Å². The summed E-state index contributed by atoms with van der Waals surface area (Å²) in [4.78, 5) is 0. The minimum Gasteiger partial charge on any atom is -0.457 e. The van der Waals surface area contributed by atoms with Crippen LogP contribution in [0.5, 0.6) is 34.5 Å². The second kappa shape index (κ2) is 12.1. The number of nitrogens with two attached hydrogens (primary N) is 3. The minimum atomic E-state index is -0.0459. The third-order valence-electron chi connectivity index (χ3n) is 14.8. The van der Waals surface area contributed by atoms with Crippen molar-refractivity contribution in [2.45, 2.75) is 109 Å². The van der Waals surface area contributed by atoms with Gasteiger partial charge in [0.25, 0.3) is 0 Å². The van der Waals surface area contributed by atoms with Gasteiger partial charge in [-0.1, -0.05) is 18.2 Å². The van der Waals surface area contributed by atoms with E-state index in [-0.39, 0.29) is 10.8 Å². The molecule has 8 bridgehead atoms. The predicted octanol–water partition coefficient (Wildman–Crippen LogP) is 11.7. The molecule has 8 aliphatic rings. The van der Waals surface area contributed by atoms with Crippen LogP contribution in [0.3, 0.4) is 0 Å². The first-order chi connectivity index (χ1) is 25.5. The van der Waals surface area contributed by atoms with Crippen molar-refractivity contribution in [1.82, 2.24) is 0 Å². The Morgan fingerprint density at radius 3 is 1.04 bits per heavy atom. The standard InChI is InChI=1S/C47H55N3O3/c1-26-4-7-35(16-38(26)48)51-41-19-42(52-36-8-5-27(2)39(49)17-36)44(47-23-32-13-33(24-47)15-34(14-32)25-47)45(53-37-9-6-28(3)40(50)18-37)43(41)46-20-29-10-30(21-46)12-31(11-29)22-46/h4-9,16-19,29-34H,10-15,20-25,48-50H2,1-3H3. The Balaban J connectivity index is 1.26. The first-order valence-corrected chi connectivity index (χ1v) is 20.4. The van der Waals surface area contributed by atoms with E-state index in [0.717, 1.165) is 104 Å². The second-order valence-corrected chi connectivity index (χ2v) is 18.7. The van der Waals surface area contributed by atoms with Gasteiger partial charge in [0.1, 0.15) is 34.5 Å². The van der Waals surface area contributed by atoms with Gasteiger partial charge in [-0.25, -0.2) is 0 Å². The molecular formula is C47H55N3O3. The fraction of sp³-hybridized carbons (Fsp3) is 0.489. The van der Waals surface area contributed by atoms with Crippen LogP contribution >= 0.6 is 0 Å². The van der Waals surface area contributed by atoms with Crippen LogP contribution in [-0.4, -0.2) is 0 Å². The maximum Gasteiger partial charge on any atom is 0.142 e. The summed E-state index contributed by atoms with van der Waals surface area (Å²) in [5.41, 5.74) is 27.4. The molecule has 4 aromatic carbocycles.